The minimum atomic E-state index is -0.770. The molecule has 0 aliphatic carbocycles. The van der Waals surface area contributed by atoms with Crippen LogP contribution in [0.15, 0.2) is 54.6 Å². The monoisotopic (exact) mass is 385 g/mol. The molecule has 28 heavy (non-hydrogen) atoms. The number of hydrogen-bond acceptors (Lipinski definition) is 3. The van der Waals surface area contributed by atoms with Crippen LogP contribution in [-0.2, 0) is 20.7 Å². The van der Waals surface area contributed by atoms with Crippen molar-refractivity contribution >= 4 is 11.9 Å². The lowest BCUT2D eigenvalue weighted by Crippen LogP contribution is -2.42. The number of carboxylic acid groups (broad SMARTS) is 1. The van der Waals surface area contributed by atoms with Gasteiger partial charge in [-0.1, -0.05) is 54.6 Å². The van der Waals surface area contributed by atoms with E-state index in [0.717, 1.165) is 25.7 Å². The number of aliphatic carboxylic acids is 1. The third-order valence-electron chi connectivity index (χ3n) is 4.97. The van der Waals surface area contributed by atoms with Gasteiger partial charge in [-0.15, -0.1) is 0 Å². The zero-order valence-corrected chi connectivity index (χ0v) is 16.6. The maximum absolute atomic E-state index is 12.4. The van der Waals surface area contributed by atoms with Gasteiger partial charge < -0.3 is 14.7 Å². The molecule has 1 aromatic rings. The summed E-state index contributed by atoms with van der Waals surface area (Å²) in [6.07, 6.45) is 12.9. The number of allylic oxidation sites excluding steroid dienone is 1. The minimum Gasteiger partial charge on any atom is -0.481 e. The number of benzene rings is 1. The van der Waals surface area contributed by atoms with E-state index in [1.165, 1.54) is 5.56 Å². The number of rotatable bonds is 11. The molecule has 0 aromatic heterocycles. The second-order valence-electron chi connectivity index (χ2n) is 7.11. The van der Waals surface area contributed by atoms with Crippen LogP contribution >= 0.6 is 0 Å². The SMILES string of the molecule is COC(C=C[C@H]1CCCC(=O)N1CC=CCCCC(=O)O)Cc1ccccc1. The van der Waals surface area contributed by atoms with Crippen LogP contribution in [0.25, 0.3) is 0 Å². The van der Waals surface area contributed by atoms with Crippen LogP contribution in [0.1, 0.15) is 44.1 Å². The molecule has 5 nitrogen and oxygen atoms in total. The largest absolute Gasteiger partial charge is 0.481 e. The number of amides is 1. The van der Waals surface area contributed by atoms with Gasteiger partial charge >= 0.3 is 5.97 Å². The molecule has 1 heterocycles. The number of unbranched alkanes of at least 4 members (excludes halogenated alkanes) is 1. The Hall–Kier alpha value is -2.40. The van der Waals surface area contributed by atoms with Gasteiger partial charge in [0.2, 0.25) is 5.91 Å². The van der Waals surface area contributed by atoms with Gasteiger partial charge in [-0.25, -0.2) is 0 Å². The molecule has 2 atom stereocenters. The van der Waals surface area contributed by atoms with E-state index in [1.807, 2.05) is 35.3 Å². The van der Waals surface area contributed by atoms with Gasteiger partial charge in [-0.2, -0.15) is 0 Å². The Morgan fingerprint density at radius 3 is 2.82 bits per heavy atom. The predicted molar refractivity (Wildman–Crippen MR) is 110 cm³/mol. The molecule has 1 aliphatic heterocycles. The lowest BCUT2D eigenvalue weighted by molar-refractivity contribution is -0.137. The standard InChI is InChI=1S/C23H31NO4/c1-28-21(18-19-10-5-4-6-11-19)16-15-20-12-9-13-22(25)24(20)17-8-3-2-7-14-23(26)27/h3-6,8,10-11,15-16,20-21H,2,7,9,12-14,17-18H2,1H3,(H,26,27)/t20-,21?/m1/s1. The normalized spacial score (nSPS) is 18.8. The molecular formula is C23H31NO4. The van der Waals surface area contributed by atoms with Crippen molar-refractivity contribution in [1.29, 1.82) is 0 Å². The van der Waals surface area contributed by atoms with Crippen molar-refractivity contribution in [3.05, 3.63) is 60.2 Å². The topological polar surface area (TPSA) is 66.8 Å². The summed E-state index contributed by atoms with van der Waals surface area (Å²) in [5.41, 5.74) is 1.22. The summed E-state index contributed by atoms with van der Waals surface area (Å²) < 4.78 is 5.60. The number of nitrogens with zero attached hydrogens (tertiary/aromatic N) is 1. The lowest BCUT2D eigenvalue weighted by atomic mass is 9.99. The first-order valence-corrected chi connectivity index (χ1v) is 10.0. The number of carboxylic acids is 1. The maximum Gasteiger partial charge on any atom is 0.303 e. The average molecular weight is 386 g/mol. The van der Waals surface area contributed by atoms with E-state index in [9.17, 15) is 9.59 Å². The number of carbonyl (C=O) groups is 2. The number of methoxy groups -OCH3 is 1. The van der Waals surface area contributed by atoms with Gasteiger partial charge in [-0.05, 0) is 31.2 Å². The second kappa shape index (κ2) is 12.1. The van der Waals surface area contributed by atoms with E-state index in [1.54, 1.807) is 7.11 Å². The van der Waals surface area contributed by atoms with Gasteiger partial charge in [0, 0.05) is 32.9 Å². The van der Waals surface area contributed by atoms with Gasteiger partial charge in [0.05, 0.1) is 12.1 Å². The van der Waals surface area contributed by atoms with Crippen molar-refractivity contribution in [2.24, 2.45) is 0 Å². The highest BCUT2D eigenvalue weighted by Crippen LogP contribution is 2.20. The Bertz CT molecular complexity index is 668. The van der Waals surface area contributed by atoms with Gasteiger partial charge in [0.25, 0.3) is 0 Å². The van der Waals surface area contributed by atoms with Crippen LogP contribution in [0.4, 0.5) is 0 Å². The summed E-state index contributed by atoms with van der Waals surface area (Å²) in [6, 6.07) is 10.3. The predicted octanol–water partition coefficient (Wildman–Crippen LogP) is 3.99. The first-order chi connectivity index (χ1) is 13.6. The van der Waals surface area contributed by atoms with Crippen LogP contribution in [0.2, 0.25) is 0 Å². The van der Waals surface area contributed by atoms with E-state index in [0.29, 0.717) is 19.4 Å². The quantitative estimate of drug-likeness (QED) is 0.462. The highest BCUT2D eigenvalue weighted by atomic mass is 16.5. The van der Waals surface area contributed by atoms with Crippen LogP contribution in [0.3, 0.4) is 0 Å². The second-order valence-corrected chi connectivity index (χ2v) is 7.11. The molecule has 1 unspecified atom stereocenters. The fourth-order valence-corrected chi connectivity index (χ4v) is 3.39. The Morgan fingerprint density at radius 2 is 2.11 bits per heavy atom. The molecule has 1 aromatic carbocycles. The van der Waals surface area contributed by atoms with E-state index in [-0.39, 0.29) is 24.5 Å². The molecule has 0 spiro atoms. The molecule has 1 saturated heterocycles. The van der Waals surface area contributed by atoms with Crippen molar-refractivity contribution < 1.29 is 19.4 Å². The van der Waals surface area contributed by atoms with Gasteiger partial charge in [0.1, 0.15) is 0 Å². The molecule has 0 saturated carbocycles. The molecule has 1 aliphatic rings. The lowest BCUT2D eigenvalue weighted by Gasteiger charge is -2.33. The van der Waals surface area contributed by atoms with E-state index in [2.05, 4.69) is 24.3 Å². The van der Waals surface area contributed by atoms with Crippen molar-refractivity contribution in [3.8, 4) is 0 Å². The van der Waals surface area contributed by atoms with Crippen LogP contribution in [0.5, 0.6) is 0 Å². The highest BCUT2D eigenvalue weighted by Gasteiger charge is 2.25. The zero-order valence-electron chi connectivity index (χ0n) is 16.6. The fraction of sp³-hybridized carbons (Fsp3) is 0.478. The number of carbonyl (C=O) groups excluding carboxylic acids is 1. The van der Waals surface area contributed by atoms with Crippen molar-refractivity contribution in [3.63, 3.8) is 0 Å². The number of hydrogen-bond donors (Lipinski definition) is 1. The van der Waals surface area contributed by atoms with Crippen molar-refractivity contribution in [2.45, 2.75) is 57.1 Å². The third kappa shape index (κ3) is 7.69. The molecule has 5 heteroatoms. The average Bonchev–Trinajstić information content (AvgIpc) is 2.69. The summed E-state index contributed by atoms with van der Waals surface area (Å²) in [6.45, 7) is 0.567. The Kier molecular flexibility index (Phi) is 9.49. The van der Waals surface area contributed by atoms with Gasteiger partial charge in [0.15, 0.2) is 0 Å². The molecule has 1 amide bonds. The number of ether oxygens (including phenoxy) is 1. The van der Waals surface area contributed by atoms with E-state index >= 15 is 0 Å². The van der Waals surface area contributed by atoms with Crippen molar-refractivity contribution in [1.82, 2.24) is 4.90 Å². The first-order valence-electron chi connectivity index (χ1n) is 10.0. The Labute approximate surface area is 167 Å². The molecule has 0 radical (unpaired) electrons. The summed E-state index contributed by atoms with van der Waals surface area (Å²) in [5, 5.41) is 8.67. The summed E-state index contributed by atoms with van der Waals surface area (Å²) >= 11 is 0. The van der Waals surface area contributed by atoms with Gasteiger partial charge in [-0.3, -0.25) is 9.59 Å². The highest BCUT2D eigenvalue weighted by molar-refractivity contribution is 5.77. The Balaban J connectivity index is 1.90. The summed E-state index contributed by atoms with van der Waals surface area (Å²) in [4.78, 5) is 24.8. The minimum absolute atomic E-state index is 0.0205. The summed E-state index contributed by atoms with van der Waals surface area (Å²) in [5.74, 6) is -0.596. The van der Waals surface area contributed by atoms with Crippen LogP contribution in [0, 0.1) is 0 Å². The molecule has 152 valence electrons. The number of piperidine rings is 1. The van der Waals surface area contributed by atoms with Crippen LogP contribution in [-0.4, -0.2) is 47.7 Å². The molecule has 0 bridgehead atoms. The number of likely N-dealkylation sites (tertiary alicyclic amines) is 1. The van der Waals surface area contributed by atoms with E-state index < -0.39 is 5.97 Å². The molecule has 1 N–H and O–H groups in total. The van der Waals surface area contributed by atoms with Crippen LogP contribution < -0.4 is 0 Å². The third-order valence-corrected chi connectivity index (χ3v) is 4.97. The van der Waals surface area contributed by atoms with Crippen molar-refractivity contribution in [2.75, 3.05) is 13.7 Å². The molecular weight excluding hydrogens is 354 g/mol. The molecule has 1 fully saturated rings. The maximum atomic E-state index is 12.4. The zero-order chi connectivity index (χ0) is 20.2. The van der Waals surface area contributed by atoms with E-state index in [4.69, 9.17) is 9.84 Å². The first kappa shape index (κ1) is 21.9. The fourth-order valence-electron chi connectivity index (χ4n) is 3.39. The smallest absolute Gasteiger partial charge is 0.303 e. The molecule has 2 rings (SSSR count). The Morgan fingerprint density at radius 1 is 1.32 bits per heavy atom. The summed E-state index contributed by atoms with van der Waals surface area (Å²) in [7, 11) is 1.71.